The van der Waals surface area contributed by atoms with Crippen molar-refractivity contribution in [3.8, 4) is 5.75 Å². The smallest absolute Gasteiger partial charge is 0.258 e. The molecule has 3 nitrogen and oxygen atoms in total. The van der Waals surface area contributed by atoms with Crippen LogP contribution < -0.4 is 10.1 Å². The maximum Gasteiger partial charge on any atom is 0.258 e. The molecule has 4 heteroatoms. The van der Waals surface area contributed by atoms with Gasteiger partial charge in [-0.1, -0.05) is 36.4 Å². The molecular formula is C18H18BrNO2. The third-order valence-electron chi connectivity index (χ3n) is 3.90. The summed E-state index contributed by atoms with van der Waals surface area (Å²) in [5.74, 6) is 0.596. The molecule has 114 valence electrons. The number of carbonyl (C=O) groups is 1. The van der Waals surface area contributed by atoms with Crippen molar-refractivity contribution in [1.82, 2.24) is 5.32 Å². The van der Waals surface area contributed by atoms with Gasteiger partial charge < -0.3 is 10.1 Å². The zero-order valence-electron chi connectivity index (χ0n) is 12.2. The number of benzene rings is 2. The molecule has 2 aromatic rings. The molecule has 0 spiro atoms. The Kier molecular flexibility index (Phi) is 4.78. The molecule has 1 amide bonds. The van der Waals surface area contributed by atoms with E-state index >= 15 is 0 Å². The van der Waals surface area contributed by atoms with E-state index in [1.807, 2.05) is 30.3 Å². The number of ether oxygens (including phenoxy) is 1. The van der Waals surface area contributed by atoms with E-state index in [4.69, 9.17) is 4.74 Å². The van der Waals surface area contributed by atoms with Gasteiger partial charge in [0.15, 0.2) is 6.61 Å². The van der Waals surface area contributed by atoms with Gasteiger partial charge in [-0.15, -0.1) is 0 Å². The fourth-order valence-corrected chi connectivity index (χ4v) is 3.24. The molecule has 0 unspecified atom stereocenters. The second kappa shape index (κ2) is 6.97. The Bertz CT molecular complexity index is 672. The number of aryl methyl sites for hydroxylation is 1. The van der Waals surface area contributed by atoms with Gasteiger partial charge >= 0.3 is 0 Å². The van der Waals surface area contributed by atoms with Gasteiger partial charge in [0, 0.05) is 0 Å². The minimum absolute atomic E-state index is 0.0290. The molecule has 3 rings (SSSR count). The number of halogens is 1. The Morgan fingerprint density at radius 1 is 1.18 bits per heavy atom. The van der Waals surface area contributed by atoms with Gasteiger partial charge in [0.1, 0.15) is 5.75 Å². The molecule has 0 fully saturated rings. The Morgan fingerprint density at radius 3 is 2.82 bits per heavy atom. The van der Waals surface area contributed by atoms with Crippen molar-refractivity contribution in [2.24, 2.45) is 0 Å². The average molecular weight is 360 g/mol. The first-order valence-electron chi connectivity index (χ1n) is 7.48. The maximum atomic E-state index is 12.2. The molecule has 1 aliphatic carbocycles. The summed E-state index contributed by atoms with van der Waals surface area (Å²) in [6.45, 7) is 0.0290. The highest BCUT2D eigenvalue weighted by Crippen LogP contribution is 2.29. The molecule has 0 saturated carbocycles. The third kappa shape index (κ3) is 3.50. The summed E-state index contributed by atoms with van der Waals surface area (Å²) in [4.78, 5) is 12.2. The first-order valence-corrected chi connectivity index (χ1v) is 8.28. The predicted molar refractivity (Wildman–Crippen MR) is 89.9 cm³/mol. The lowest BCUT2D eigenvalue weighted by molar-refractivity contribution is -0.124. The largest absolute Gasteiger partial charge is 0.483 e. The number of fused-ring (bicyclic) bond motifs is 1. The number of nitrogens with one attached hydrogen (secondary N) is 1. The van der Waals surface area contributed by atoms with Gasteiger partial charge in [-0.2, -0.15) is 0 Å². The molecule has 1 N–H and O–H groups in total. The van der Waals surface area contributed by atoms with Crippen LogP contribution in [0.4, 0.5) is 0 Å². The topological polar surface area (TPSA) is 38.3 Å². The minimum Gasteiger partial charge on any atom is -0.483 e. The Hall–Kier alpha value is -1.81. The van der Waals surface area contributed by atoms with Gasteiger partial charge in [0.25, 0.3) is 5.91 Å². The molecule has 0 radical (unpaired) electrons. The van der Waals surface area contributed by atoms with Crippen LogP contribution in [0.25, 0.3) is 0 Å². The van der Waals surface area contributed by atoms with Gasteiger partial charge in [-0.05, 0) is 58.5 Å². The normalized spacial score (nSPS) is 16.7. The lowest BCUT2D eigenvalue weighted by atomic mass is 9.88. The summed E-state index contributed by atoms with van der Waals surface area (Å²) >= 11 is 3.41. The number of rotatable bonds is 4. The average Bonchev–Trinajstić information content (AvgIpc) is 2.54. The van der Waals surface area contributed by atoms with Crippen LogP contribution in [0.3, 0.4) is 0 Å². The molecular weight excluding hydrogens is 342 g/mol. The second-order valence-corrected chi connectivity index (χ2v) is 6.28. The summed E-state index contributed by atoms with van der Waals surface area (Å²) in [6.07, 6.45) is 3.18. The van der Waals surface area contributed by atoms with E-state index in [2.05, 4.69) is 39.4 Å². The number of carbonyl (C=O) groups excluding carboxylic acids is 1. The molecule has 0 aromatic heterocycles. The lowest BCUT2D eigenvalue weighted by Crippen LogP contribution is -2.34. The van der Waals surface area contributed by atoms with Crippen LogP contribution in [0.1, 0.15) is 30.0 Å². The van der Waals surface area contributed by atoms with Crippen molar-refractivity contribution in [2.75, 3.05) is 6.61 Å². The highest BCUT2D eigenvalue weighted by Gasteiger charge is 2.21. The van der Waals surface area contributed by atoms with Crippen molar-refractivity contribution in [2.45, 2.75) is 25.3 Å². The Balaban J connectivity index is 1.60. The van der Waals surface area contributed by atoms with E-state index in [0.717, 1.165) is 23.7 Å². The molecule has 0 aliphatic heterocycles. The Labute approximate surface area is 138 Å². The van der Waals surface area contributed by atoms with E-state index in [9.17, 15) is 4.79 Å². The highest BCUT2D eigenvalue weighted by atomic mass is 79.9. The van der Waals surface area contributed by atoms with E-state index in [1.165, 1.54) is 11.1 Å². The van der Waals surface area contributed by atoms with Gasteiger partial charge in [-0.25, -0.2) is 0 Å². The molecule has 0 bridgehead atoms. The molecule has 0 heterocycles. The molecule has 1 aliphatic rings. The van der Waals surface area contributed by atoms with E-state index in [1.54, 1.807) is 0 Å². The number of hydrogen-bond donors (Lipinski definition) is 1. The fraction of sp³-hybridized carbons (Fsp3) is 0.278. The highest BCUT2D eigenvalue weighted by molar-refractivity contribution is 9.10. The van der Waals surface area contributed by atoms with Crippen LogP contribution in [0.15, 0.2) is 53.0 Å². The molecule has 0 saturated heterocycles. The zero-order chi connectivity index (χ0) is 15.4. The third-order valence-corrected chi connectivity index (χ3v) is 4.56. The van der Waals surface area contributed by atoms with Gasteiger partial charge in [0.2, 0.25) is 0 Å². The number of hydrogen-bond acceptors (Lipinski definition) is 2. The maximum absolute atomic E-state index is 12.2. The summed E-state index contributed by atoms with van der Waals surface area (Å²) < 4.78 is 6.42. The lowest BCUT2D eigenvalue weighted by Gasteiger charge is -2.26. The predicted octanol–water partition coefficient (Wildman–Crippen LogP) is 4.02. The second-order valence-electron chi connectivity index (χ2n) is 5.43. The minimum atomic E-state index is -0.0857. The molecule has 2 aromatic carbocycles. The van der Waals surface area contributed by atoms with Crippen LogP contribution in [0.5, 0.6) is 5.75 Å². The number of amides is 1. The summed E-state index contributed by atoms with van der Waals surface area (Å²) in [7, 11) is 0. The van der Waals surface area contributed by atoms with Crippen molar-refractivity contribution in [1.29, 1.82) is 0 Å². The van der Waals surface area contributed by atoms with Crippen LogP contribution >= 0.6 is 15.9 Å². The monoisotopic (exact) mass is 359 g/mol. The van der Waals surface area contributed by atoms with Gasteiger partial charge in [0.05, 0.1) is 10.5 Å². The van der Waals surface area contributed by atoms with Crippen molar-refractivity contribution < 1.29 is 9.53 Å². The Morgan fingerprint density at radius 2 is 1.95 bits per heavy atom. The van der Waals surface area contributed by atoms with E-state index in [0.29, 0.717) is 5.75 Å². The van der Waals surface area contributed by atoms with Gasteiger partial charge in [-0.3, -0.25) is 4.79 Å². The summed E-state index contributed by atoms with van der Waals surface area (Å²) in [6, 6.07) is 16.0. The van der Waals surface area contributed by atoms with Crippen LogP contribution in [0.2, 0.25) is 0 Å². The van der Waals surface area contributed by atoms with Crippen molar-refractivity contribution in [3.05, 3.63) is 64.1 Å². The van der Waals surface area contributed by atoms with Crippen LogP contribution in [-0.4, -0.2) is 12.5 Å². The van der Waals surface area contributed by atoms with Crippen molar-refractivity contribution in [3.63, 3.8) is 0 Å². The number of para-hydroxylation sites is 1. The zero-order valence-corrected chi connectivity index (χ0v) is 13.8. The first-order chi connectivity index (χ1) is 10.7. The SMILES string of the molecule is O=C(COc1ccccc1Br)N[C@H]1CCCc2ccccc21. The first kappa shape index (κ1) is 15.1. The summed E-state index contributed by atoms with van der Waals surface area (Å²) in [5, 5.41) is 3.09. The van der Waals surface area contributed by atoms with E-state index < -0.39 is 0 Å². The van der Waals surface area contributed by atoms with Crippen LogP contribution in [0, 0.1) is 0 Å². The molecule has 22 heavy (non-hydrogen) atoms. The molecule has 1 atom stereocenters. The quantitative estimate of drug-likeness (QED) is 0.894. The summed E-state index contributed by atoms with van der Waals surface area (Å²) in [5.41, 5.74) is 2.58. The fourth-order valence-electron chi connectivity index (χ4n) is 2.84. The van der Waals surface area contributed by atoms with Crippen LogP contribution in [-0.2, 0) is 11.2 Å². The standard InChI is InChI=1S/C18H18BrNO2/c19-15-9-3-4-11-17(15)22-12-18(21)20-16-10-5-7-13-6-1-2-8-14(13)16/h1-4,6,8-9,11,16H,5,7,10,12H2,(H,20,21)/t16-/m0/s1. The van der Waals surface area contributed by atoms with E-state index in [-0.39, 0.29) is 18.6 Å². The van der Waals surface area contributed by atoms with Crippen molar-refractivity contribution >= 4 is 21.8 Å².